The third-order valence-corrected chi connectivity index (χ3v) is 9.42. The molecule has 1 saturated carbocycles. The molecule has 1 amide bonds. The molecular weight excluding hydrogens is 532 g/mol. The van der Waals surface area contributed by atoms with E-state index in [1.54, 1.807) is 31.4 Å². The van der Waals surface area contributed by atoms with Crippen LogP contribution in [0.3, 0.4) is 0 Å². The number of fused-ring (bicyclic) bond motifs is 1. The third-order valence-electron chi connectivity index (χ3n) is 7.58. The molecule has 1 unspecified atom stereocenters. The Morgan fingerprint density at radius 3 is 2.45 bits per heavy atom. The molecule has 0 spiro atoms. The number of carbonyl (C=O) groups excluding carboxylic acids is 1. The van der Waals surface area contributed by atoms with Crippen molar-refractivity contribution in [2.45, 2.75) is 75.4 Å². The lowest BCUT2D eigenvalue weighted by Crippen LogP contribution is -2.51. The molecule has 220 valence electrons. The molecule has 2 N–H and O–H groups in total. The largest absolute Gasteiger partial charge is 0.446 e. The predicted octanol–water partition coefficient (Wildman–Crippen LogP) is 3.75. The third kappa shape index (κ3) is 8.04. The quantitative estimate of drug-likeness (QED) is 0.375. The van der Waals surface area contributed by atoms with Crippen molar-refractivity contribution in [2.75, 3.05) is 26.8 Å². The van der Waals surface area contributed by atoms with Crippen molar-refractivity contribution in [3.05, 3.63) is 65.7 Å². The number of aliphatic hydroxyl groups excluding tert-OH is 1. The second-order valence-corrected chi connectivity index (χ2v) is 13.2. The number of hydrogen-bond donors (Lipinski definition) is 2. The molecule has 10 heteroatoms. The van der Waals surface area contributed by atoms with Crippen LogP contribution in [0.2, 0.25) is 0 Å². The molecule has 2 aliphatic rings. The van der Waals surface area contributed by atoms with Gasteiger partial charge in [-0.1, -0.05) is 56.3 Å². The first-order valence-electron chi connectivity index (χ1n) is 14.0. The number of methoxy groups -OCH3 is 1. The Bertz CT molecular complexity index is 1180. The Morgan fingerprint density at radius 2 is 1.80 bits per heavy atom. The van der Waals surface area contributed by atoms with E-state index >= 15 is 0 Å². The number of rotatable bonds is 13. The summed E-state index contributed by atoms with van der Waals surface area (Å²) in [5.41, 5.74) is 1.77. The van der Waals surface area contributed by atoms with Crippen LogP contribution in [0.25, 0.3) is 0 Å². The highest BCUT2D eigenvalue weighted by Gasteiger charge is 2.40. The second kappa shape index (κ2) is 13.9. The van der Waals surface area contributed by atoms with E-state index in [1.807, 2.05) is 44.2 Å². The Morgan fingerprint density at radius 1 is 1.07 bits per heavy atom. The molecule has 2 aromatic rings. The lowest BCUT2D eigenvalue weighted by molar-refractivity contribution is 0.0554. The highest BCUT2D eigenvalue weighted by atomic mass is 32.2. The van der Waals surface area contributed by atoms with E-state index in [0.29, 0.717) is 25.4 Å². The van der Waals surface area contributed by atoms with Crippen molar-refractivity contribution in [3.63, 3.8) is 0 Å². The molecule has 1 aliphatic carbocycles. The normalized spacial score (nSPS) is 22.3. The van der Waals surface area contributed by atoms with Crippen LogP contribution in [0.5, 0.6) is 0 Å². The van der Waals surface area contributed by atoms with Crippen LogP contribution in [-0.2, 0) is 37.3 Å². The van der Waals surface area contributed by atoms with Gasteiger partial charge in [0, 0.05) is 33.2 Å². The summed E-state index contributed by atoms with van der Waals surface area (Å²) in [6, 6.07) is 15.3. The molecule has 1 heterocycles. The summed E-state index contributed by atoms with van der Waals surface area (Å²) < 4.78 is 45.2. The maximum atomic E-state index is 13.7. The fourth-order valence-corrected chi connectivity index (χ4v) is 7.21. The topological polar surface area (TPSA) is 114 Å². The molecule has 1 saturated heterocycles. The molecule has 0 radical (unpaired) electrons. The number of alkyl carbamates (subject to hydrolysis) is 1. The number of aliphatic hydroxyl groups is 1. The molecule has 5 atom stereocenters. The molecule has 2 fully saturated rings. The zero-order chi connectivity index (χ0) is 28.7. The number of ether oxygens (including phenoxy) is 3. The summed E-state index contributed by atoms with van der Waals surface area (Å²) in [6.45, 7) is 5.02. The van der Waals surface area contributed by atoms with Crippen LogP contribution < -0.4 is 5.32 Å². The summed E-state index contributed by atoms with van der Waals surface area (Å²) in [7, 11) is -2.33. The van der Waals surface area contributed by atoms with Crippen molar-refractivity contribution in [1.82, 2.24) is 9.62 Å². The van der Waals surface area contributed by atoms with Gasteiger partial charge < -0.3 is 24.6 Å². The maximum absolute atomic E-state index is 13.7. The number of carbonyl (C=O) groups is 1. The van der Waals surface area contributed by atoms with Crippen molar-refractivity contribution in [2.24, 2.45) is 11.8 Å². The zero-order valence-electron chi connectivity index (χ0n) is 23.6. The summed E-state index contributed by atoms with van der Waals surface area (Å²) in [5.74, 6) is 0.436. The van der Waals surface area contributed by atoms with Crippen LogP contribution >= 0.6 is 0 Å². The van der Waals surface area contributed by atoms with E-state index in [-0.39, 0.29) is 36.1 Å². The molecule has 0 bridgehead atoms. The fraction of sp³-hybridized carbons (Fsp3) is 0.567. The number of benzene rings is 2. The van der Waals surface area contributed by atoms with Gasteiger partial charge in [-0.2, -0.15) is 4.31 Å². The Labute approximate surface area is 237 Å². The second-order valence-electron chi connectivity index (χ2n) is 11.3. The predicted molar refractivity (Wildman–Crippen MR) is 151 cm³/mol. The van der Waals surface area contributed by atoms with Gasteiger partial charge in [0.05, 0.1) is 29.8 Å². The molecular formula is C30H42N2O7S. The van der Waals surface area contributed by atoms with E-state index < -0.39 is 28.3 Å². The van der Waals surface area contributed by atoms with Crippen molar-refractivity contribution >= 4 is 16.1 Å². The minimum Gasteiger partial charge on any atom is -0.446 e. The molecule has 40 heavy (non-hydrogen) atoms. The van der Waals surface area contributed by atoms with Crippen LogP contribution in [0.15, 0.2) is 59.5 Å². The van der Waals surface area contributed by atoms with Crippen molar-refractivity contribution in [1.29, 1.82) is 0 Å². The number of hydrogen-bond acceptors (Lipinski definition) is 7. The van der Waals surface area contributed by atoms with E-state index in [0.717, 1.165) is 30.6 Å². The molecule has 1 aliphatic heterocycles. The Kier molecular flexibility index (Phi) is 10.6. The smallest absolute Gasteiger partial charge is 0.407 e. The molecule has 4 rings (SSSR count). The van der Waals surface area contributed by atoms with E-state index in [4.69, 9.17) is 14.2 Å². The van der Waals surface area contributed by atoms with Gasteiger partial charge in [-0.3, -0.25) is 0 Å². The first-order chi connectivity index (χ1) is 19.2. The zero-order valence-corrected chi connectivity index (χ0v) is 24.4. The van der Waals surface area contributed by atoms with Gasteiger partial charge in [-0.25, -0.2) is 13.2 Å². The standard InChI is InChI=1S/C30H42N2O7S/c1-21(2)18-32(40(35,36)26-11-9-23(10-12-26)20-37-3)19-28(33)27(15-22-7-5-4-6-8-22)31-30(34)39-25-16-24-13-14-38-29(24)17-25/h4-12,21,24-25,27-29,33H,13-20H2,1-3H3,(H,31,34)/t24?,25-,27+,28-,29-/m1/s1. The van der Waals surface area contributed by atoms with Gasteiger partial charge in [0.15, 0.2) is 0 Å². The summed E-state index contributed by atoms with van der Waals surface area (Å²) in [5, 5.41) is 14.2. The van der Waals surface area contributed by atoms with Gasteiger partial charge in [-0.15, -0.1) is 0 Å². The first kappa shape index (κ1) is 30.5. The maximum Gasteiger partial charge on any atom is 0.407 e. The highest BCUT2D eigenvalue weighted by molar-refractivity contribution is 7.89. The first-order valence-corrected chi connectivity index (χ1v) is 15.5. The number of nitrogens with one attached hydrogen (secondary N) is 1. The highest BCUT2D eigenvalue weighted by Crippen LogP contribution is 2.37. The monoisotopic (exact) mass is 574 g/mol. The summed E-state index contributed by atoms with van der Waals surface area (Å²) in [6.07, 6.45) is 0.859. The summed E-state index contributed by atoms with van der Waals surface area (Å²) in [4.78, 5) is 13.1. The Balaban J connectivity index is 1.49. The van der Waals surface area contributed by atoms with Gasteiger partial charge >= 0.3 is 6.09 Å². The van der Waals surface area contributed by atoms with Gasteiger partial charge in [0.1, 0.15) is 6.10 Å². The van der Waals surface area contributed by atoms with Crippen LogP contribution in [-0.4, -0.2) is 75.1 Å². The fourth-order valence-electron chi connectivity index (χ4n) is 5.59. The van der Waals surface area contributed by atoms with Crippen LogP contribution in [0.1, 0.15) is 44.2 Å². The average Bonchev–Trinajstić information content (AvgIpc) is 3.51. The van der Waals surface area contributed by atoms with Crippen molar-refractivity contribution in [3.8, 4) is 0 Å². The molecule has 0 aromatic heterocycles. The van der Waals surface area contributed by atoms with E-state index in [2.05, 4.69) is 5.32 Å². The van der Waals surface area contributed by atoms with E-state index in [1.165, 1.54) is 4.31 Å². The summed E-state index contributed by atoms with van der Waals surface area (Å²) >= 11 is 0. The van der Waals surface area contributed by atoms with E-state index in [9.17, 15) is 18.3 Å². The Hall–Kier alpha value is -2.50. The number of sulfonamides is 1. The minimum atomic E-state index is -3.91. The molecule has 9 nitrogen and oxygen atoms in total. The number of nitrogens with zero attached hydrogens (tertiary/aromatic N) is 1. The van der Waals surface area contributed by atoms with Gasteiger partial charge in [0.25, 0.3) is 0 Å². The lowest BCUT2D eigenvalue weighted by atomic mass is 10.0. The number of amides is 1. The van der Waals surface area contributed by atoms with Crippen molar-refractivity contribution < 1.29 is 32.5 Å². The van der Waals surface area contributed by atoms with Gasteiger partial charge in [-0.05, 0) is 54.4 Å². The molecule has 2 aromatic carbocycles. The van der Waals surface area contributed by atoms with Gasteiger partial charge in [0.2, 0.25) is 10.0 Å². The SMILES string of the molecule is COCc1ccc(S(=O)(=O)N(CC(C)C)C[C@@H](O)[C@H](Cc2ccccc2)NC(=O)O[C@@H]2CC3CCO[C@@H]3C2)cc1. The minimum absolute atomic E-state index is 0.0178. The average molecular weight is 575 g/mol. The van der Waals surface area contributed by atoms with Crippen LogP contribution in [0.4, 0.5) is 4.79 Å². The van der Waals surface area contributed by atoms with Crippen LogP contribution in [0, 0.1) is 11.8 Å². The lowest BCUT2D eigenvalue weighted by Gasteiger charge is -2.31.